The summed E-state index contributed by atoms with van der Waals surface area (Å²) >= 11 is 0. The summed E-state index contributed by atoms with van der Waals surface area (Å²) in [6.45, 7) is 0. The Morgan fingerprint density at radius 1 is 0.842 bits per heavy atom. The molecule has 19 heavy (non-hydrogen) atoms. The molecule has 0 spiro atoms. The zero-order chi connectivity index (χ0) is 13.2. The molecule has 0 aromatic heterocycles. The highest BCUT2D eigenvalue weighted by molar-refractivity contribution is 5.91. The van der Waals surface area contributed by atoms with Crippen molar-refractivity contribution in [3.8, 4) is 22.9 Å². The fourth-order valence-electron chi connectivity index (χ4n) is 2.18. The minimum atomic E-state index is 0.295. The Bertz CT molecular complexity index is 782. The molecular weight excluding hydrogens is 234 g/mol. The van der Waals surface area contributed by atoms with E-state index in [0.29, 0.717) is 11.3 Å². The first-order valence-electron chi connectivity index (χ1n) is 6.00. The van der Waals surface area contributed by atoms with Crippen molar-refractivity contribution in [1.82, 2.24) is 0 Å². The largest absolute Gasteiger partial charge is 0.507 e. The summed E-state index contributed by atoms with van der Waals surface area (Å²) < 4.78 is 0. The van der Waals surface area contributed by atoms with E-state index in [1.165, 1.54) is 0 Å². The lowest BCUT2D eigenvalue weighted by atomic mass is 10.00. The third-order valence-corrected chi connectivity index (χ3v) is 3.20. The number of aromatic hydroxyl groups is 1. The van der Waals surface area contributed by atoms with Crippen LogP contribution in [0.2, 0.25) is 0 Å². The van der Waals surface area contributed by atoms with Crippen molar-refractivity contribution in [1.29, 1.82) is 5.26 Å². The van der Waals surface area contributed by atoms with Gasteiger partial charge in [0.15, 0.2) is 0 Å². The zero-order valence-corrected chi connectivity index (χ0v) is 10.2. The summed E-state index contributed by atoms with van der Waals surface area (Å²) in [5, 5.41) is 20.4. The first-order chi connectivity index (χ1) is 9.28. The number of hydrogen-bond donors (Lipinski definition) is 1. The van der Waals surface area contributed by atoms with Gasteiger partial charge < -0.3 is 5.11 Å². The molecule has 0 radical (unpaired) electrons. The van der Waals surface area contributed by atoms with Gasteiger partial charge in [-0.25, -0.2) is 0 Å². The Balaban J connectivity index is 2.12. The molecule has 0 aliphatic rings. The molecular formula is C17H11NO. The summed E-state index contributed by atoms with van der Waals surface area (Å²) in [5.74, 6) is 0.295. The predicted octanol–water partition coefficient (Wildman–Crippen LogP) is 4.08. The molecule has 0 heterocycles. The number of nitriles is 1. The van der Waals surface area contributed by atoms with E-state index in [9.17, 15) is 5.11 Å². The van der Waals surface area contributed by atoms with Crippen LogP contribution in [-0.2, 0) is 0 Å². The standard InChI is InChI=1S/C17H11NO/c18-11-12-4-6-13(7-5-12)14-8-9-16-15(10-14)2-1-3-17(16)19/h1-10,19H. The van der Waals surface area contributed by atoms with E-state index in [-0.39, 0.29) is 0 Å². The zero-order valence-electron chi connectivity index (χ0n) is 10.2. The average Bonchev–Trinajstić information content (AvgIpc) is 2.47. The molecule has 0 saturated carbocycles. The Kier molecular flexibility index (Phi) is 2.66. The lowest BCUT2D eigenvalue weighted by Gasteiger charge is -2.05. The van der Waals surface area contributed by atoms with Crippen molar-refractivity contribution in [2.24, 2.45) is 0 Å². The molecule has 0 atom stereocenters. The average molecular weight is 245 g/mol. The Hall–Kier alpha value is -2.79. The molecule has 3 aromatic carbocycles. The number of benzene rings is 3. The molecule has 0 unspecified atom stereocenters. The summed E-state index contributed by atoms with van der Waals surface area (Å²) in [6, 6.07) is 21.0. The van der Waals surface area contributed by atoms with Gasteiger partial charge in [-0.3, -0.25) is 0 Å². The quantitative estimate of drug-likeness (QED) is 0.701. The Labute approximate surface area is 111 Å². The van der Waals surface area contributed by atoms with Gasteiger partial charge in [0, 0.05) is 5.39 Å². The number of phenols is 1. The second kappa shape index (κ2) is 4.47. The molecule has 0 aliphatic carbocycles. The van der Waals surface area contributed by atoms with Crippen molar-refractivity contribution >= 4 is 10.8 Å². The summed E-state index contributed by atoms with van der Waals surface area (Å²) in [5.41, 5.74) is 2.79. The maximum absolute atomic E-state index is 9.76. The van der Waals surface area contributed by atoms with Crippen LogP contribution < -0.4 is 0 Å². The molecule has 0 saturated heterocycles. The maximum atomic E-state index is 9.76. The molecule has 3 rings (SSSR count). The lowest BCUT2D eigenvalue weighted by molar-refractivity contribution is 0.481. The second-order valence-electron chi connectivity index (χ2n) is 4.40. The lowest BCUT2D eigenvalue weighted by Crippen LogP contribution is -1.80. The van der Waals surface area contributed by atoms with Gasteiger partial charge in [-0.2, -0.15) is 5.26 Å². The summed E-state index contributed by atoms with van der Waals surface area (Å²) in [7, 11) is 0. The minimum Gasteiger partial charge on any atom is -0.507 e. The molecule has 0 aliphatic heterocycles. The van der Waals surface area contributed by atoms with Crippen LogP contribution >= 0.6 is 0 Å². The SMILES string of the molecule is N#Cc1ccc(-c2ccc3c(O)cccc3c2)cc1. The molecule has 0 fully saturated rings. The maximum Gasteiger partial charge on any atom is 0.123 e. The van der Waals surface area contributed by atoms with Gasteiger partial charge >= 0.3 is 0 Å². The molecule has 90 valence electrons. The molecule has 2 heteroatoms. The van der Waals surface area contributed by atoms with Crippen LogP contribution in [0.4, 0.5) is 0 Å². The molecule has 0 bridgehead atoms. The minimum absolute atomic E-state index is 0.295. The van der Waals surface area contributed by atoms with Gasteiger partial charge in [-0.05, 0) is 40.8 Å². The van der Waals surface area contributed by atoms with E-state index < -0.39 is 0 Å². The summed E-state index contributed by atoms with van der Waals surface area (Å²) in [4.78, 5) is 0. The number of fused-ring (bicyclic) bond motifs is 1. The van der Waals surface area contributed by atoms with Gasteiger partial charge in [0.1, 0.15) is 5.75 Å². The van der Waals surface area contributed by atoms with Crippen molar-refractivity contribution in [2.75, 3.05) is 0 Å². The smallest absolute Gasteiger partial charge is 0.123 e. The Morgan fingerprint density at radius 3 is 2.32 bits per heavy atom. The fourth-order valence-corrected chi connectivity index (χ4v) is 2.18. The first kappa shape index (κ1) is 11.3. The third-order valence-electron chi connectivity index (χ3n) is 3.20. The predicted molar refractivity (Wildman–Crippen MR) is 75.8 cm³/mol. The van der Waals surface area contributed by atoms with E-state index in [1.54, 1.807) is 6.07 Å². The van der Waals surface area contributed by atoms with Gasteiger partial charge in [-0.1, -0.05) is 36.4 Å². The van der Waals surface area contributed by atoms with E-state index >= 15 is 0 Å². The normalized spacial score (nSPS) is 10.3. The molecule has 0 amide bonds. The highest BCUT2D eigenvalue weighted by atomic mass is 16.3. The van der Waals surface area contributed by atoms with Crippen LogP contribution in [0.1, 0.15) is 5.56 Å². The van der Waals surface area contributed by atoms with Crippen LogP contribution in [0.5, 0.6) is 5.75 Å². The molecule has 3 aromatic rings. The topological polar surface area (TPSA) is 44.0 Å². The van der Waals surface area contributed by atoms with Gasteiger partial charge in [0.2, 0.25) is 0 Å². The van der Waals surface area contributed by atoms with Crippen molar-refractivity contribution in [2.45, 2.75) is 0 Å². The fraction of sp³-hybridized carbons (Fsp3) is 0. The van der Waals surface area contributed by atoms with Gasteiger partial charge in [0.05, 0.1) is 11.6 Å². The van der Waals surface area contributed by atoms with Crippen LogP contribution in [-0.4, -0.2) is 5.11 Å². The first-order valence-corrected chi connectivity index (χ1v) is 6.00. The van der Waals surface area contributed by atoms with Crippen LogP contribution in [0.3, 0.4) is 0 Å². The van der Waals surface area contributed by atoms with Gasteiger partial charge in [-0.15, -0.1) is 0 Å². The second-order valence-corrected chi connectivity index (χ2v) is 4.40. The van der Waals surface area contributed by atoms with E-state index in [1.807, 2.05) is 54.6 Å². The van der Waals surface area contributed by atoms with E-state index in [0.717, 1.165) is 21.9 Å². The molecule has 2 nitrogen and oxygen atoms in total. The van der Waals surface area contributed by atoms with Crippen molar-refractivity contribution < 1.29 is 5.11 Å². The highest BCUT2D eigenvalue weighted by Gasteiger charge is 2.02. The van der Waals surface area contributed by atoms with Crippen molar-refractivity contribution in [3.63, 3.8) is 0 Å². The number of phenolic OH excluding ortho intramolecular Hbond substituents is 1. The summed E-state index contributed by atoms with van der Waals surface area (Å²) in [6.07, 6.45) is 0. The molecule has 1 N–H and O–H groups in total. The van der Waals surface area contributed by atoms with Crippen molar-refractivity contribution in [3.05, 3.63) is 66.2 Å². The third kappa shape index (κ3) is 2.02. The Morgan fingerprint density at radius 2 is 1.58 bits per heavy atom. The van der Waals surface area contributed by atoms with E-state index in [2.05, 4.69) is 6.07 Å². The number of hydrogen-bond acceptors (Lipinski definition) is 2. The van der Waals surface area contributed by atoms with E-state index in [4.69, 9.17) is 5.26 Å². The highest BCUT2D eigenvalue weighted by Crippen LogP contribution is 2.29. The van der Waals surface area contributed by atoms with Crippen LogP contribution in [0.15, 0.2) is 60.7 Å². The van der Waals surface area contributed by atoms with Crippen LogP contribution in [0.25, 0.3) is 21.9 Å². The van der Waals surface area contributed by atoms with Crippen LogP contribution in [0, 0.1) is 11.3 Å². The number of rotatable bonds is 1. The number of nitrogens with zero attached hydrogens (tertiary/aromatic N) is 1. The van der Waals surface area contributed by atoms with Gasteiger partial charge in [0.25, 0.3) is 0 Å². The monoisotopic (exact) mass is 245 g/mol.